The molecule has 8 heteroatoms. The van der Waals surface area contributed by atoms with Gasteiger partial charge in [0.1, 0.15) is 0 Å². The van der Waals surface area contributed by atoms with E-state index in [0.29, 0.717) is 24.0 Å². The van der Waals surface area contributed by atoms with E-state index in [1.165, 1.54) is 19.1 Å². The number of benzene rings is 1. The molecule has 0 aliphatic rings. The average Bonchev–Trinajstić information content (AvgIpc) is 2.42. The zero-order valence-corrected chi connectivity index (χ0v) is 11.4. The fraction of sp³-hybridized carbons (Fsp3) is 0.308. The molecule has 0 N–H and O–H groups in total. The van der Waals surface area contributed by atoms with Gasteiger partial charge in [-0.25, -0.2) is 4.79 Å². The van der Waals surface area contributed by atoms with Crippen LogP contribution in [-0.2, 0) is 16.0 Å². The van der Waals surface area contributed by atoms with Crippen molar-refractivity contribution in [1.29, 1.82) is 0 Å². The maximum atomic E-state index is 11.1. The van der Waals surface area contributed by atoms with E-state index < -0.39 is 27.2 Å². The number of rotatable bonds is 7. The van der Waals surface area contributed by atoms with Crippen LogP contribution in [0.1, 0.15) is 18.9 Å². The summed E-state index contributed by atoms with van der Waals surface area (Å²) < 4.78 is 4.88. The van der Waals surface area contributed by atoms with Crippen molar-refractivity contribution in [1.82, 2.24) is 0 Å². The van der Waals surface area contributed by atoms with Crippen LogP contribution in [0.25, 0.3) is 0 Å². The molecule has 1 rings (SSSR count). The summed E-state index contributed by atoms with van der Waals surface area (Å²) >= 11 is 0. The number of aryl methyl sites for hydroxylation is 1. The molecule has 0 aliphatic heterocycles. The SMILES string of the molecule is C=C(C)C(=O)OCCCc1ccc([N+](=O)[O-])c([N+](=O)[O-])c1. The lowest BCUT2D eigenvalue weighted by atomic mass is 10.1. The summed E-state index contributed by atoms with van der Waals surface area (Å²) in [5.41, 5.74) is -0.228. The highest BCUT2D eigenvalue weighted by Gasteiger charge is 2.23. The molecule has 21 heavy (non-hydrogen) atoms. The zero-order valence-electron chi connectivity index (χ0n) is 11.4. The van der Waals surface area contributed by atoms with Gasteiger partial charge in [-0.15, -0.1) is 0 Å². The minimum Gasteiger partial charge on any atom is -0.462 e. The highest BCUT2D eigenvalue weighted by molar-refractivity contribution is 5.86. The lowest BCUT2D eigenvalue weighted by Gasteiger charge is -2.04. The van der Waals surface area contributed by atoms with Gasteiger partial charge in [-0.05, 0) is 25.3 Å². The van der Waals surface area contributed by atoms with Gasteiger partial charge in [0.25, 0.3) is 0 Å². The monoisotopic (exact) mass is 294 g/mol. The largest absolute Gasteiger partial charge is 0.462 e. The number of esters is 1. The number of nitrogens with zero attached hydrogens (tertiary/aromatic N) is 2. The lowest BCUT2D eigenvalue weighted by Crippen LogP contribution is -2.07. The van der Waals surface area contributed by atoms with Gasteiger partial charge in [-0.2, -0.15) is 0 Å². The molecule has 0 spiro atoms. The van der Waals surface area contributed by atoms with E-state index in [4.69, 9.17) is 4.74 Å². The van der Waals surface area contributed by atoms with Crippen molar-refractivity contribution in [2.75, 3.05) is 6.61 Å². The maximum Gasteiger partial charge on any atom is 0.346 e. The van der Waals surface area contributed by atoms with E-state index in [0.717, 1.165) is 6.07 Å². The average molecular weight is 294 g/mol. The molecule has 0 saturated heterocycles. The van der Waals surface area contributed by atoms with Gasteiger partial charge < -0.3 is 4.74 Å². The predicted octanol–water partition coefficient (Wildman–Crippen LogP) is 2.55. The zero-order chi connectivity index (χ0) is 16.0. The quantitative estimate of drug-likeness (QED) is 0.251. The Balaban J connectivity index is 2.67. The topological polar surface area (TPSA) is 113 Å². The standard InChI is InChI=1S/C13H14N2O6/c1-9(2)13(16)21-7-3-4-10-5-6-11(14(17)18)12(8-10)15(19)20/h5-6,8H,1,3-4,7H2,2H3. The normalized spacial score (nSPS) is 9.95. The van der Waals surface area contributed by atoms with Gasteiger partial charge in [-0.1, -0.05) is 12.6 Å². The van der Waals surface area contributed by atoms with Crippen molar-refractivity contribution < 1.29 is 19.4 Å². The Kier molecular flexibility index (Phi) is 5.53. The summed E-state index contributed by atoms with van der Waals surface area (Å²) in [7, 11) is 0. The highest BCUT2D eigenvalue weighted by Crippen LogP contribution is 2.27. The van der Waals surface area contributed by atoms with E-state index in [1.54, 1.807) is 0 Å². The first-order valence-corrected chi connectivity index (χ1v) is 6.07. The van der Waals surface area contributed by atoms with E-state index in [-0.39, 0.29) is 6.61 Å². The van der Waals surface area contributed by atoms with Crippen LogP contribution < -0.4 is 0 Å². The second-order valence-electron chi connectivity index (χ2n) is 4.36. The van der Waals surface area contributed by atoms with Crippen molar-refractivity contribution >= 4 is 17.3 Å². The number of carbonyl (C=O) groups excluding carboxylic acids is 1. The molecule has 0 aromatic heterocycles. The van der Waals surface area contributed by atoms with Gasteiger partial charge in [0.2, 0.25) is 0 Å². The third-order valence-corrected chi connectivity index (χ3v) is 2.62. The maximum absolute atomic E-state index is 11.1. The Morgan fingerprint density at radius 2 is 1.86 bits per heavy atom. The molecule has 112 valence electrons. The Bertz CT molecular complexity index is 596. The van der Waals surface area contributed by atoms with Gasteiger partial charge in [0.05, 0.1) is 16.5 Å². The second-order valence-corrected chi connectivity index (χ2v) is 4.36. The molecule has 0 aliphatic carbocycles. The molecule has 0 heterocycles. The second kappa shape index (κ2) is 7.13. The minimum absolute atomic E-state index is 0.149. The van der Waals surface area contributed by atoms with Crippen LogP contribution in [0.3, 0.4) is 0 Å². The van der Waals surface area contributed by atoms with Crippen molar-refractivity contribution in [2.24, 2.45) is 0 Å². The summed E-state index contributed by atoms with van der Waals surface area (Å²) in [6.07, 6.45) is 0.857. The fourth-order valence-corrected chi connectivity index (χ4v) is 1.59. The molecule has 0 amide bonds. The molecule has 0 atom stereocenters. The molecular formula is C13H14N2O6. The number of ether oxygens (including phenoxy) is 1. The van der Waals surface area contributed by atoms with Crippen LogP contribution in [0.15, 0.2) is 30.4 Å². The molecule has 0 radical (unpaired) electrons. The summed E-state index contributed by atoms with van der Waals surface area (Å²) in [4.78, 5) is 31.0. The van der Waals surface area contributed by atoms with Crippen LogP contribution in [0.4, 0.5) is 11.4 Å². The van der Waals surface area contributed by atoms with Crippen molar-refractivity contribution in [3.63, 3.8) is 0 Å². The van der Waals surface area contributed by atoms with Gasteiger partial charge >= 0.3 is 17.3 Å². The van der Waals surface area contributed by atoms with E-state index in [2.05, 4.69) is 6.58 Å². The highest BCUT2D eigenvalue weighted by atomic mass is 16.6. The van der Waals surface area contributed by atoms with Gasteiger partial charge in [0, 0.05) is 17.7 Å². The summed E-state index contributed by atoms with van der Waals surface area (Å²) in [6, 6.07) is 3.72. The molecule has 1 aromatic carbocycles. The molecule has 0 bridgehead atoms. The van der Waals surface area contributed by atoms with Crippen LogP contribution in [-0.4, -0.2) is 22.4 Å². The van der Waals surface area contributed by atoms with Crippen LogP contribution >= 0.6 is 0 Å². The first kappa shape index (κ1) is 16.3. The Morgan fingerprint density at radius 3 is 2.38 bits per heavy atom. The van der Waals surface area contributed by atoms with Crippen molar-refractivity contribution in [3.8, 4) is 0 Å². The van der Waals surface area contributed by atoms with E-state index >= 15 is 0 Å². The van der Waals surface area contributed by atoms with Crippen LogP contribution in [0, 0.1) is 20.2 Å². The molecule has 0 unspecified atom stereocenters. The lowest BCUT2D eigenvalue weighted by molar-refractivity contribution is -0.422. The predicted molar refractivity (Wildman–Crippen MR) is 73.8 cm³/mol. The number of hydrogen-bond donors (Lipinski definition) is 0. The van der Waals surface area contributed by atoms with Crippen LogP contribution in [0.5, 0.6) is 0 Å². The Hall–Kier alpha value is -2.77. The molecular weight excluding hydrogens is 280 g/mol. The minimum atomic E-state index is -0.795. The van der Waals surface area contributed by atoms with Gasteiger partial charge in [-0.3, -0.25) is 20.2 Å². The summed E-state index contributed by atoms with van der Waals surface area (Å²) in [5, 5.41) is 21.5. The van der Waals surface area contributed by atoms with E-state index in [9.17, 15) is 25.0 Å². The third kappa shape index (κ3) is 4.68. The van der Waals surface area contributed by atoms with Crippen molar-refractivity contribution in [3.05, 3.63) is 56.1 Å². The third-order valence-electron chi connectivity index (χ3n) is 2.62. The molecule has 1 aromatic rings. The summed E-state index contributed by atoms with van der Waals surface area (Å²) in [6.45, 7) is 5.11. The number of nitro groups is 2. The van der Waals surface area contributed by atoms with Gasteiger partial charge in [0.15, 0.2) is 0 Å². The molecule has 0 saturated carbocycles. The van der Waals surface area contributed by atoms with Crippen LogP contribution in [0.2, 0.25) is 0 Å². The van der Waals surface area contributed by atoms with Crippen molar-refractivity contribution in [2.45, 2.75) is 19.8 Å². The van der Waals surface area contributed by atoms with E-state index in [1.807, 2.05) is 0 Å². The Morgan fingerprint density at radius 1 is 1.24 bits per heavy atom. The summed E-state index contributed by atoms with van der Waals surface area (Å²) in [5.74, 6) is -0.496. The first-order valence-electron chi connectivity index (χ1n) is 6.07. The Labute approximate surface area is 120 Å². The molecule has 8 nitrogen and oxygen atoms in total. The first-order chi connectivity index (χ1) is 9.82. The fourth-order valence-electron chi connectivity index (χ4n) is 1.59. The number of nitro benzene ring substituents is 2. The number of hydrogen-bond acceptors (Lipinski definition) is 6. The number of carbonyl (C=O) groups is 1. The molecule has 0 fully saturated rings. The smallest absolute Gasteiger partial charge is 0.346 e.